The van der Waals surface area contributed by atoms with Crippen LogP contribution in [0.5, 0.6) is 0 Å². The number of amides is 1. The summed E-state index contributed by atoms with van der Waals surface area (Å²) < 4.78 is 0. The van der Waals surface area contributed by atoms with Gasteiger partial charge < -0.3 is 11.5 Å². The number of primary amides is 1. The number of nitrogens with two attached hydrogens (primary N) is 2. The zero-order valence-electron chi connectivity index (χ0n) is 4.33. The molecule has 1 aliphatic carbocycles. The van der Waals surface area contributed by atoms with Gasteiger partial charge in [-0.2, -0.15) is 0 Å². The van der Waals surface area contributed by atoms with Gasteiger partial charge >= 0.3 is 0 Å². The van der Waals surface area contributed by atoms with E-state index in [1.54, 1.807) is 0 Å². The average molecular weight is 137 g/mol. The molecule has 1 fully saturated rings. The second-order valence-corrected chi connectivity index (χ2v) is 1.91. The molecule has 0 spiro atoms. The Kier molecular flexibility index (Phi) is 2.25. The Bertz CT molecular complexity index is 106. The zero-order chi connectivity index (χ0) is 5.44. The highest BCUT2D eigenvalue weighted by molar-refractivity contribution is 5.85. The van der Waals surface area contributed by atoms with Crippen LogP contribution in [0.15, 0.2) is 0 Å². The monoisotopic (exact) mass is 136 g/mol. The smallest absolute Gasteiger partial charge is 0.222 e. The van der Waals surface area contributed by atoms with Gasteiger partial charge in [-0.15, -0.1) is 12.4 Å². The van der Waals surface area contributed by atoms with Gasteiger partial charge in [-0.05, 0) is 6.42 Å². The van der Waals surface area contributed by atoms with Crippen molar-refractivity contribution in [3.05, 3.63) is 0 Å². The number of hydrogen-bond donors (Lipinski definition) is 2. The summed E-state index contributed by atoms with van der Waals surface area (Å²) in [6.45, 7) is 0. The van der Waals surface area contributed by atoms with E-state index in [0.29, 0.717) is 0 Å². The van der Waals surface area contributed by atoms with Crippen molar-refractivity contribution in [3.8, 4) is 0 Å². The zero-order valence-corrected chi connectivity index (χ0v) is 5.15. The summed E-state index contributed by atoms with van der Waals surface area (Å²) in [6, 6.07) is 0.0671. The van der Waals surface area contributed by atoms with Crippen LogP contribution in [-0.2, 0) is 4.79 Å². The molecule has 1 saturated carbocycles. The van der Waals surface area contributed by atoms with E-state index in [0.717, 1.165) is 6.42 Å². The molecular formula is C4H9ClN2O. The summed E-state index contributed by atoms with van der Waals surface area (Å²) in [6.07, 6.45) is 0.787. The SMILES string of the molecule is Cl.NC(=O)[C@H]1C[C@@H]1N. The summed E-state index contributed by atoms with van der Waals surface area (Å²) in [5.74, 6) is -0.271. The molecule has 48 valence electrons. The van der Waals surface area contributed by atoms with Gasteiger partial charge in [0.25, 0.3) is 0 Å². The highest BCUT2D eigenvalue weighted by Crippen LogP contribution is 2.26. The first kappa shape index (κ1) is 7.72. The molecule has 0 heterocycles. The van der Waals surface area contributed by atoms with Crippen LogP contribution in [0.2, 0.25) is 0 Å². The van der Waals surface area contributed by atoms with E-state index in [4.69, 9.17) is 11.5 Å². The maximum Gasteiger partial charge on any atom is 0.222 e. The van der Waals surface area contributed by atoms with Crippen molar-refractivity contribution in [2.24, 2.45) is 17.4 Å². The van der Waals surface area contributed by atoms with Crippen LogP contribution in [0, 0.1) is 5.92 Å². The van der Waals surface area contributed by atoms with Crippen molar-refractivity contribution in [1.82, 2.24) is 0 Å². The minimum Gasteiger partial charge on any atom is -0.369 e. The molecule has 4 N–H and O–H groups in total. The fraction of sp³-hybridized carbons (Fsp3) is 0.750. The molecule has 0 aromatic rings. The van der Waals surface area contributed by atoms with E-state index in [1.165, 1.54) is 0 Å². The van der Waals surface area contributed by atoms with Crippen molar-refractivity contribution in [2.45, 2.75) is 12.5 Å². The van der Waals surface area contributed by atoms with Crippen molar-refractivity contribution < 1.29 is 4.79 Å². The Balaban J connectivity index is 0.000000490. The molecule has 1 aliphatic rings. The molecule has 0 unspecified atom stereocenters. The largest absolute Gasteiger partial charge is 0.369 e. The van der Waals surface area contributed by atoms with E-state index in [1.807, 2.05) is 0 Å². The maximum absolute atomic E-state index is 10.1. The predicted molar refractivity (Wildman–Crippen MR) is 32.5 cm³/mol. The van der Waals surface area contributed by atoms with Crippen LogP contribution >= 0.6 is 12.4 Å². The van der Waals surface area contributed by atoms with Crippen LogP contribution in [-0.4, -0.2) is 11.9 Å². The minimum absolute atomic E-state index is 0. The number of carbonyl (C=O) groups excluding carboxylic acids is 1. The summed E-state index contributed by atoms with van der Waals surface area (Å²) in [7, 11) is 0. The first-order valence-electron chi connectivity index (χ1n) is 2.26. The second-order valence-electron chi connectivity index (χ2n) is 1.91. The lowest BCUT2D eigenvalue weighted by molar-refractivity contribution is -0.119. The maximum atomic E-state index is 10.1. The lowest BCUT2D eigenvalue weighted by Crippen LogP contribution is -2.18. The van der Waals surface area contributed by atoms with Crippen LogP contribution in [0.1, 0.15) is 6.42 Å². The molecule has 0 radical (unpaired) electrons. The van der Waals surface area contributed by atoms with E-state index in [9.17, 15) is 4.79 Å². The molecule has 1 rings (SSSR count). The number of carbonyl (C=O) groups is 1. The quantitative estimate of drug-likeness (QED) is 0.498. The van der Waals surface area contributed by atoms with Gasteiger partial charge in [0.15, 0.2) is 0 Å². The molecule has 3 nitrogen and oxygen atoms in total. The summed E-state index contributed by atoms with van der Waals surface area (Å²) in [5.41, 5.74) is 10.1. The highest BCUT2D eigenvalue weighted by atomic mass is 35.5. The van der Waals surface area contributed by atoms with E-state index in [2.05, 4.69) is 0 Å². The fourth-order valence-corrected chi connectivity index (χ4v) is 0.542. The third kappa shape index (κ3) is 1.35. The molecule has 0 aromatic heterocycles. The van der Waals surface area contributed by atoms with Gasteiger partial charge in [0.2, 0.25) is 5.91 Å². The molecule has 1 amide bonds. The van der Waals surface area contributed by atoms with E-state index in [-0.39, 0.29) is 30.3 Å². The third-order valence-corrected chi connectivity index (χ3v) is 1.21. The molecule has 0 bridgehead atoms. The molecule has 0 aromatic carbocycles. The van der Waals surface area contributed by atoms with Crippen LogP contribution in [0.4, 0.5) is 0 Å². The van der Waals surface area contributed by atoms with Gasteiger partial charge in [0.05, 0.1) is 5.92 Å². The molecule has 8 heavy (non-hydrogen) atoms. The summed E-state index contributed by atoms with van der Waals surface area (Å²) >= 11 is 0. The number of hydrogen-bond acceptors (Lipinski definition) is 2. The van der Waals surface area contributed by atoms with Gasteiger partial charge in [0, 0.05) is 6.04 Å². The average Bonchev–Trinajstić information content (AvgIpc) is 2.17. The number of halogens is 1. The van der Waals surface area contributed by atoms with E-state index < -0.39 is 0 Å². The minimum atomic E-state index is -0.257. The lowest BCUT2D eigenvalue weighted by Gasteiger charge is -1.81. The molecule has 2 atom stereocenters. The van der Waals surface area contributed by atoms with Crippen molar-refractivity contribution in [1.29, 1.82) is 0 Å². The second kappa shape index (κ2) is 2.33. The Morgan fingerprint density at radius 2 is 2.00 bits per heavy atom. The molecule has 0 aliphatic heterocycles. The van der Waals surface area contributed by atoms with Crippen LogP contribution < -0.4 is 11.5 Å². The van der Waals surface area contributed by atoms with Gasteiger partial charge in [0.1, 0.15) is 0 Å². The van der Waals surface area contributed by atoms with Gasteiger partial charge in [-0.1, -0.05) is 0 Å². The first-order chi connectivity index (χ1) is 3.22. The van der Waals surface area contributed by atoms with Crippen molar-refractivity contribution >= 4 is 18.3 Å². The Morgan fingerprint density at radius 3 is 2.00 bits per heavy atom. The summed E-state index contributed by atoms with van der Waals surface area (Å²) in [4.78, 5) is 10.1. The number of rotatable bonds is 1. The predicted octanol–water partition coefficient (Wildman–Crippen LogP) is -0.759. The molecule has 0 saturated heterocycles. The lowest BCUT2D eigenvalue weighted by atomic mass is 10.4. The van der Waals surface area contributed by atoms with Crippen LogP contribution in [0.25, 0.3) is 0 Å². The van der Waals surface area contributed by atoms with Crippen molar-refractivity contribution in [3.63, 3.8) is 0 Å². The normalized spacial score (nSPS) is 33.1. The van der Waals surface area contributed by atoms with E-state index >= 15 is 0 Å². The Morgan fingerprint density at radius 1 is 1.62 bits per heavy atom. The molecule has 4 heteroatoms. The fourth-order valence-electron chi connectivity index (χ4n) is 0.542. The molecular weight excluding hydrogens is 128 g/mol. The summed E-state index contributed by atoms with van der Waals surface area (Å²) in [5, 5.41) is 0. The standard InChI is InChI=1S/C4H8N2O.ClH/c5-3-1-2(3)4(6)7;/h2-3H,1,5H2,(H2,6,7);1H/t2-,3-;/m0./s1. The third-order valence-electron chi connectivity index (χ3n) is 1.21. The Hall–Kier alpha value is -0.280. The first-order valence-corrected chi connectivity index (χ1v) is 2.26. The van der Waals surface area contributed by atoms with Crippen LogP contribution in [0.3, 0.4) is 0 Å². The van der Waals surface area contributed by atoms with Gasteiger partial charge in [-0.25, -0.2) is 0 Å². The highest BCUT2D eigenvalue weighted by Gasteiger charge is 2.38. The Labute approximate surface area is 53.8 Å². The van der Waals surface area contributed by atoms with Crippen molar-refractivity contribution in [2.75, 3.05) is 0 Å². The van der Waals surface area contributed by atoms with Gasteiger partial charge in [-0.3, -0.25) is 4.79 Å². The topological polar surface area (TPSA) is 69.1 Å².